The molecule has 0 amide bonds. The van der Waals surface area contributed by atoms with Gasteiger partial charge < -0.3 is 5.11 Å². The van der Waals surface area contributed by atoms with Crippen LogP contribution in [0.3, 0.4) is 0 Å². The van der Waals surface area contributed by atoms with Crippen molar-refractivity contribution in [3.63, 3.8) is 0 Å². The van der Waals surface area contributed by atoms with E-state index < -0.39 is 0 Å². The molecule has 3 rings (SSSR count). The zero-order chi connectivity index (χ0) is 16.9. The number of hydrogen-bond acceptors (Lipinski definition) is 4. The normalized spacial score (nSPS) is 13.8. The van der Waals surface area contributed by atoms with Gasteiger partial charge in [-0.05, 0) is 49.8 Å². The second-order valence-electron chi connectivity index (χ2n) is 5.98. The highest BCUT2D eigenvalue weighted by Gasteiger charge is 2.20. The zero-order valence-electron chi connectivity index (χ0n) is 13.5. The van der Waals surface area contributed by atoms with Gasteiger partial charge in [-0.15, -0.1) is 11.8 Å². The summed E-state index contributed by atoms with van der Waals surface area (Å²) < 4.78 is 1.76. The molecule has 1 aromatic heterocycles. The van der Waals surface area contributed by atoms with Crippen molar-refractivity contribution in [2.24, 2.45) is 0 Å². The molecule has 24 heavy (non-hydrogen) atoms. The Morgan fingerprint density at radius 3 is 2.92 bits per heavy atom. The smallest absolute Gasteiger partial charge is 0.348 e. The van der Waals surface area contributed by atoms with Crippen LogP contribution in [-0.4, -0.2) is 21.3 Å². The van der Waals surface area contributed by atoms with Gasteiger partial charge in [-0.1, -0.05) is 23.7 Å². The SMILES string of the molecule is O=c1nc(SCc2cccc(Cl)c2)c2c(n1CCCO)CCCC2. The molecule has 0 fully saturated rings. The van der Waals surface area contributed by atoms with Crippen LogP contribution in [-0.2, 0) is 25.1 Å². The van der Waals surface area contributed by atoms with E-state index in [9.17, 15) is 4.79 Å². The number of aliphatic hydroxyl groups is 1. The third kappa shape index (κ3) is 4.02. The minimum atomic E-state index is -0.197. The van der Waals surface area contributed by atoms with Crippen molar-refractivity contribution in [3.8, 4) is 0 Å². The number of benzene rings is 1. The molecule has 0 unspecified atom stereocenters. The van der Waals surface area contributed by atoms with Crippen molar-refractivity contribution in [1.29, 1.82) is 0 Å². The molecule has 0 aliphatic heterocycles. The maximum atomic E-state index is 12.4. The third-order valence-corrected chi connectivity index (χ3v) is 5.58. The molecule has 0 saturated carbocycles. The van der Waals surface area contributed by atoms with Crippen molar-refractivity contribution < 1.29 is 5.11 Å². The van der Waals surface area contributed by atoms with Crippen LogP contribution in [0.1, 0.15) is 36.1 Å². The number of hydrogen-bond donors (Lipinski definition) is 1. The molecule has 6 heteroatoms. The number of aromatic nitrogens is 2. The first-order valence-corrected chi connectivity index (χ1v) is 9.66. The molecule has 4 nitrogen and oxygen atoms in total. The van der Waals surface area contributed by atoms with E-state index in [0.717, 1.165) is 52.7 Å². The second kappa shape index (κ2) is 8.19. The van der Waals surface area contributed by atoms with Gasteiger partial charge in [-0.2, -0.15) is 4.98 Å². The Hall–Kier alpha value is -1.30. The van der Waals surface area contributed by atoms with E-state index in [-0.39, 0.29) is 12.3 Å². The highest BCUT2D eigenvalue weighted by molar-refractivity contribution is 7.98. The van der Waals surface area contributed by atoms with Crippen LogP contribution in [0.4, 0.5) is 0 Å². The summed E-state index contributed by atoms with van der Waals surface area (Å²) in [6.07, 6.45) is 4.72. The Balaban J connectivity index is 1.88. The zero-order valence-corrected chi connectivity index (χ0v) is 15.1. The molecule has 128 valence electrons. The lowest BCUT2D eigenvalue weighted by Crippen LogP contribution is -2.30. The summed E-state index contributed by atoms with van der Waals surface area (Å²) in [5, 5.41) is 10.6. The lowest BCUT2D eigenvalue weighted by Gasteiger charge is -2.22. The summed E-state index contributed by atoms with van der Waals surface area (Å²) in [4.78, 5) is 16.8. The van der Waals surface area contributed by atoms with Crippen LogP contribution in [0.25, 0.3) is 0 Å². The monoisotopic (exact) mass is 364 g/mol. The van der Waals surface area contributed by atoms with Crippen molar-refractivity contribution in [2.75, 3.05) is 6.61 Å². The van der Waals surface area contributed by atoms with E-state index in [4.69, 9.17) is 16.7 Å². The first-order valence-electron chi connectivity index (χ1n) is 8.29. The molecule has 0 atom stereocenters. The standard InChI is InChI=1S/C18H21ClN2O2S/c19-14-6-3-5-13(11-14)12-24-17-15-7-1-2-8-16(15)21(9-4-10-22)18(23)20-17/h3,5-6,11,22H,1-2,4,7-10,12H2. The van der Waals surface area contributed by atoms with Crippen molar-refractivity contribution in [1.82, 2.24) is 9.55 Å². The number of nitrogens with zero attached hydrogens (tertiary/aromatic N) is 2. The molecular formula is C18H21ClN2O2S. The van der Waals surface area contributed by atoms with Crippen LogP contribution in [0.5, 0.6) is 0 Å². The minimum Gasteiger partial charge on any atom is -0.396 e. The molecule has 1 N–H and O–H groups in total. The number of fused-ring (bicyclic) bond motifs is 1. The van der Waals surface area contributed by atoms with Gasteiger partial charge in [-0.3, -0.25) is 4.57 Å². The van der Waals surface area contributed by atoms with E-state index >= 15 is 0 Å². The van der Waals surface area contributed by atoms with Gasteiger partial charge in [-0.25, -0.2) is 4.79 Å². The van der Waals surface area contributed by atoms with Crippen LogP contribution in [0.15, 0.2) is 34.1 Å². The maximum absolute atomic E-state index is 12.4. The Morgan fingerprint density at radius 2 is 2.12 bits per heavy atom. The molecule has 1 heterocycles. The van der Waals surface area contributed by atoms with Gasteiger partial charge >= 0.3 is 5.69 Å². The number of thioether (sulfide) groups is 1. The Morgan fingerprint density at radius 1 is 1.29 bits per heavy atom. The first kappa shape index (κ1) is 17.5. The highest BCUT2D eigenvalue weighted by Crippen LogP contribution is 2.30. The number of halogens is 1. The number of aliphatic hydroxyl groups excluding tert-OH is 1. The lowest BCUT2D eigenvalue weighted by molar-refractivity contribution is 0.277. The molecule has 0 spiro atoms. The summed E-state index contributed by atoms with van der Waals surface area (Å²) in [6.45, 7) is 0.635. The van der Waals surface area contributed by atoms with Crippen molar-refractivity contribution in [3.05, 3.63) is 56.6 Å². The summed E-state index contributed by atoms with van der Waals surface area (Å²) >= 11 is 7.65. The van der Waals surface area contributed by atoms with Crippen LogP contribution in [0.2, 0.25) is 5.02 Å². The van der Waals surface area contributed by atoms with Crippen LogP contribution in [0, 0.1) is 0 Å². The largest absolute Gasteiger partial charge is 0.396 e. The second-order valence-corrected chi connectivity index (χ2v) is 7.38. The van der Waals surface area contributed by atoms with Gasteiger partial charge in [0.1, 0.15) is 5.03 Å². The highest BCUT2D eigenvalue weighted by atomic mass is 35.5. The Bertz CT molecular complexity index is 776. The lowest BCUT2D eigenvalue weighted by atomic mass is 9.97. The molecule has 0 radical (unpaired) electrons. The number of rotatable bonds is 6. The van der Waals surface area contributed by atoms with Gasteiger partial charge in [0.15, 0.2) is 0 Å². The Kier molecular flexibility index (Phi) is 5.98. The minimum absolute atomic E-state index is 0.0898. The summed E-state index contributed by atoms with van der Waals surface area (Å²) in [5.74, 6) is 0.750. The van der Waals surface area contributed by atoms with Crippen molar-refractivity contribution in [2.45, 2.75) is 49.4 Å². The summed E-state index contributed by atoms with van der Waals surface area (Å²) in [5.41, 5.74) is 3.26. The molecule has 1 aliphatic carbocycles. The molecule has 1 aromatic carbocycles. The summed E-state index contributed by atoms with van der Waals surface area (Å²) in [7, 11) is 0. The van der Waals surface area contributed by atoms with E-state index in [0.29, 0.717) is 13.0 Å². The molecule has 0 bridgehead atoms. The van der Waals surface area contributed by atoms with E-state index in [1.165, 1.54) is 5.56 Å². The molecular weight excluding hydrogens is 344 g/mol. The molecule has 1 aliphatic rings. The fourth-order valence-corrected chi connectivity index (χ4v) is 4.34. The van der Waals surface area contributed by atoms with E-state index in [1.54, 1.807) is 16.3 Å². The van der Waals surface area contributed by atoms with Crippen LogP contribution < -0.4 is 5.69 Å². The average Bonchev–Trinajstić information content (AvgIpc) is 2.59. The fraction of sp³-hybridized carbons (Fsp3) is 0.444. The van der Waals surface area contributed by atoms with Crippen LogP contribution >= 0.6 is 23.4 Å². The van der Waals surface area contributed by atoms with Gasteiger partial charge in [0.05, 0.1) is 0 Å². The molecule has 0 saturated heterocycles. The third-order valence-electron chi connectivity index (χ3n) is 4.26. The van der Waals surface area contributed by atoms with Gasteiger partial charge in [0, 0.05) is 35.2 Å². The molecule has 2 aromatic rings. The fourth-order valence-electron chi connectivity index (χ4n) is 3.11. The van der Waals surface area contributed by atoms with Gasteiger partial charge in [0.25, 0.3) is 0 Å². The van der Waals surface area contributed by atoms with E-state index in [1.807, 2.05) is 24.3 Å². The predicted molar refractivity (Wildman–Crippen MR) is 97.9 cm³/mol. The predicted octanol–water partition coefficient (Wildman–Crippen LogP) is 3.45. The Labute approximate surface area is 150 Å². The maximum Gasteiger partial charge on any atom is 0.348 e. The first-order chi connectivity index (χ1) is 11.7. The van der Waals surface area contributed by atoms with Crippen molar-refractivity contribution >= 4 is 23.4 Å². The summed E-state index contributed by atoms with van der Waals surface area (Å²) in [6, 6.07) is 7.78. The average molecular weight is 365 g/mol. The van der Waals surface area contributed by atoms with Gasteiger partial charge in [0.2, 0.25) is 0 Å². The van der Waals surface area contributed by atoms with E-state index in [2.05, 4.69) is 4.98 Å². The topological polar surface area (TPSA) is 55.1 Å². The quantitative estimate of drug-likeness (QED) is 0.630.